The second-order valence-corrected chi connectivity index (χ2v) is 2.30. The first-order chi connectivity index (χ1) is 5.81. The molecule has 0 bridgehead atoms. The third-order valence-corrected chi connectivity index (χ3v) is 1.21. The highest BCUT2D eigenvalue weighted by Crippen LogP contribution is 2.03. The molecule has 0 spiro atoms. The van der Waals surface area contributed by atoms with Crippen molar-refractivity contribution in [2.24, 2.45) is 4.99 Å². The molecule has 0 aromatic heterocycles. The predicted molar refractivity (Wildman–Crippen MR) is 50.1 cm³/mol. The predicted octanol–water partition coefficient (Wildman–Crippen LogP) is 2.68. The summed E-state index contributed by atoms with van der Waals surface area (Å²) in [6.07, 6.45) is 1.39. The van der Waals surface area contributed by atoms with E-state index in [0.29, 0.717) is 6.54 Å². The third kappa shape index (κ3) is 7.00. The molecular formula is C9H10ClNO. The van der Waals surface area contributed by atoms with Crippen LogP contribution >= 0.6 is 11.6 Å². The van der Waals surface area contributed by atoms with Gasteiger partial charge in [-0.25, -0.2) is 9.79 Å². The zero-order valence-electron chi connectivity index (χ0n) is 6.83. The van der Waals surface area contributed by atoms with Gasteiger partial charge in [0.05, 0.1) is 0 Å². The summed E-state index contributed by atoms with van der Waals surface area (Å²) in [6.45, 7) is 2.33. The minimum atomic E-state index is 0.545. The molecule has 0 saturated heterocycles. The van der Waals surface area contributed by atoms with Crippen molar-refractivity contribution in [2.75, 3.05) is 6.54 Å². The largest absolute Gasteiger partial charge is 0.234 e. The first kappa shape index (κ1) is 10.9. The SMILES string of the molecule is CCN=C=O.Clc1ccccc1. The molecule has 0 fully saturated rings. The summed E-state index contributed by atoms with van der Waals surface area (Å²) in [5, 5.41) is 0.794. The van der Waals surface area contributed by atoms with Crippen LogP contribution < -0.4 is 0 Å². The second-order valence-electron chi connectivity index (χ2n) is 1.86. The van der Waals surface area contributed by atoms with Crippen molar-refractivity contribution in [3.63, 3.8) is 0 Å². The van der Waals surface area contributed by atoms with Gasteiger partial charge in [0.25, 0.3) is 0 Å². The van der Waals surface area contributed by atoms with Crippen LogP contribution in [-0.4, -0.2) is 12.6 Å². The highest BCUT2D eigenvalue weighted by Gasteiger charge is 1.74. The number of hydrogen-bond donors (Lipinski definition) is 0. The van der Waals surface area contributed by atoms with Gasteiger partial charge in [-0.2, -0.15) is 0 Å². The van der Waals surface area contributed by atoms with Crippen LogP contribution in [0.4, 0.5) is 0 Å². The molecule has 0 radical (unpaired) electrons. The highest BCUT2D eigenvalue weighted by molar-refractivity contribution is 6.30. The molecule has 1 aromatic rings. The summed E-state index contributed by atoms with van der Waals surface area (Å²) >= 11 is 5.54. The fourth-order valence-electron chi connectivity index (χ4n) is 0.479. The van der Waals surface area contributed by atoms with Gasteiger partial charge in [0.1, 0.15) is 0 Å². The van der Waals surface area contributed by atoms with E-state index in [2.05, 4.69) is 4.99 Å². The van der Waals surface area contributed by atoms with Gasteiger partial charge in [-0.3, -0.25) is 0 Å². The molecule has 0 aliphatic carbocycles. The minimum Gasteiger partial charge on any atom is -0.211 e. The van der Waals surface area contributed by atoms with Gasteiger partial charge in [-0.1, -0.05) is 29.8 Å². The number of benzene rings is 1. The zero-order chi connectivity index (χ0) is 9.23. The van der Waals surface area contributed by atoms with Crippen LogP contribution in [0.3, 0.4) is 0 Å². The molecule has 12 heavy (non-hydrogen) atoms. The number of halogens is 1. The molecule has 0 amide bonds. The van der Waals surface area contributed by atoms with Crippen LogP contribution in [0.1, 0.15) is 6.92 Å². The Kier molecular flexibility index (Phi) is 7.25. The fourth-order valence-corrected chi connectivity index (χ4v) is 0.625. The number of hydrogen-bond acceptors (Lipinski definition) is 2. The Bertz CT molecular complexity index is 242. The Labute approximate surface area is 76.9 Å². The maximum Gasteiger partial charge on any atom is 0.234 e. The lowest BCUT2D eigenvalue weighted by molar-refractivity contribution is 0.563. The molecule has 3 heteroatoms. The van der Waals surface area contributed by atoms with E-state index >= 15 is 0 Å². The van der Waals surface area contributed by atoms with Crippen LogP contribution in [0.25, 0.3) is 0 Å². The van der Waals surface area contributed by atoms with E-state index < -0.39 is 0 Å². The molecule has 0 aliphatic rings. The van der Waals surface area contributed by atoms with Crippen molar-refractivity contribution in [2.45, 2.75) is 6.92 Å². The van der Waals surface area contributed by atoms with Crippen molar-refractivity contribution in [1.82, 2.24) is 0 Å². The van der Waals surface area contributed by atoms with Crippen LogP contribution in [0.2, 0.25) is 5.02 Å². The van der Waals surface area contributed by atoms with Gasteiger partial charge in [-0.05, 0) is 19.1 Å². The summed E-state index contributed by atoms with van der Waals surface area (Å²) in [5.74, 6) is 0. The molecule has 2 nitrogen and oxygen atoms in total. The van der Waals surface area contributed by atoms with Gasteiger partial charge in [0, 0.05) is 11.6 Å². The molecule has 0 atom stereocenters. The third-order valence-electron chi connectivity index (χ3n) is 0.956. The Morgan fingerprint density at radius 1 is 1.42 bits per heavy atom. The average Bonchev–Trinajstić information content (AvgIpc) is 2.08. The number of nitrogens with zero attached hydrogens (tertiary/aromatic N) is 1. The smallest absolute Gasteiger partial charge is 0.211 e. The normalized spacial score (nSPS) is 7.50. The Balaban J connectivity index is 0.000000217. The fraction of sp³-hybridized carbons (Fsp3) is 0.222. The molecule has 0 saturated carbocycles. The van der Waals surface area contributed by atoms with E-state index in [0.717, 1.165) is 5.02 Å². The lowest BCUT2D eigenvalue weighted by Crippen LogP contribution is -1.58. The van der Waals surface area contributed by atoms with Gasteiger partial charge in [-0.15, -0.1) is 0 Å². The van der Waals surface area contributed by atoms with E-state index in [4.69, 9.17) is 16.4 Å². The Morgan fingerprint density at radius 3 is 2.17 bits per heavy atom. The summed E-state index contributed by atoms with van der Waals surface area (Å²) in [4.78, 5) is 12.3. The number of carbonyl (C=O) groups excluding carboxylic acids is 1. The van der Waals surface area contributed by atoms with E-state index in [1.807, 2.05) is 30.3 Å². The molecule has 64 valence electrons. The molecule has 0 heterocycles. The first-order valence-electron chi connectivity index (χ1n) is 3.55. The lowest BCUT2D eigenvalue weighted by atomic mass is 10.4. The Hall–Kier alpha value is -1.11. The summed E-state index contributed by atoms with van der Waals surface area (Å²) in [7, 11) is 0. The van der Waals surface area contributed by atoms with Crippen LogP contribution in [0.15, 0.2) is 35.3 Å². The van der Waals surface area contributed by atoms with Crippen LogP contribution in [0.5, 0.6) is 0 Å². The maximum atomic E-state index is 9.11. The van der Waals surface area contributed by atoms with E-state index in [9.17, 15) is 0 Å². The maximum absolute atomic E-state index is 9.11. The topological polar surface area (TPSA) is 29.4 Å². The molecule has 0 unspecified atom stereocenters. The first-order valence-corrected chi connectivity index (χ1v) is 3.93. The quantitative estimate of drug-likeness (QED) is 0.486. The number of aliphatic imine (C=N–C) groups is 1. The monoisotopic (exact) mass is 183 g/mol. The number of rotatable bonds is 1. The summed E-state index contributed by atoms with van der Waals surface area (Å²) < 4.78 is 0. The molecule has 1 rings (SSSR count). The van der Waals surface area contributed by atoms with E-state index in [-0.39, 0.29) is 0 Å². The van der Waals surface area contributed by atoms with Crippen molar-refractivity contribution >= 4 is 17.7 Å². The van der Waals surface area contributed by atoms with Crippen molar-refractivity contribution in [3.8, 4) is 0 Å². The zero-order valence-corrected chi connectivity index (χ0v) is 7.58. The van der Waals surface area contributed by atoms with Gasteiger partial charge in [0.2, 0.25) is 6.08 Å². The molecular weight excluding hydrogens is 174 g/mol. The van der Waals surface area contributed by atoms with Crippen molar-refractivity contribution in [3.05, 3.63) is 35.4 Å². The second kappa shape index (κ2) is 7.99. The van der Waals surface area contributed by atoms with Gasteiger partial charge < -0.3 is 0 Å². The summed E-state index contributed by atoms with van der Waals surface area (Å²) in [6, 6.07) is 9.44. The van der Waals surface area contributed by atoms with Gasteiger partial charge in [0.15, 0.2) is 0 Å². The average molecular weight is 184 g/mol. The summed E-state index contributed by atoms with van der Waals surface area (Å²) in [5.41, 5.74) is 0. The highest BCUT2D eigenvalue weighted by atomic mass is 35.5. The Morgan fingerprint density at radius 2 is 2.00 bits per heavy atom. The van der Waals surface area contributed by atoms with E-state index in [1.54, 1.807) is 6.92 Å². The standard InChI is InChI=1S/C6H5Cl.C3H5NO/c7-6-4-2-1-3-5-6;1-2-4-3-5/h1-5H;2H2,1H3. The number of isocyanates is 1. The lowest BCUT2D eigenvalue weighted by Gasteiger charge is -1.80. The van der Waals surface area contributed by atoms with Crippen molar-refractivity contribution in [1.29, 1.82) is 0 Å². The molecule has 1 aromatic carbocycles. The minimum absolute atomic E-state index is 0.545. The van der Waals surface area contributed by atoms with Crippen molar-refractivity contribution < 1.29 is 4.79 Å². The van der Waals surface area contributed by atoms with Crippen LogP contribution in [0, 0.1) is 0 Å². The molecule has 0 aliphatic heterocycles. The molecule has 0 N–H and O–H groups in total. The van der Waals surface area contributed by atoms with E-state index in [1.165, 1.54) is 6.08 Å². The van der Waals surface area contributed by atoms with Gasteiger partial charge >= 0.3 is 0 Å². The van der Waals surface area contributed by atoms with Crippen LogP contribution in [-0.2, 0) is 4.79 Å².